The fourth-order valence-electron chi connectivity index (χ4n) is 3.94. The number of aryl methyl sites for hydroxylation is 1. The Labute approximate surface area is 219 Å². The number of halogens is 1. The van der Waals surface area contributed by atoms with Crippen LogP contribution in [0.25, 0.3) is 11.2 Å². The maximum Gasteiger partial charge on any atom is 0.459 e. The summed E-state index contributed by atoms with van der Waals surface area (Å²) in [6.07, 6.45) is -1.76. The zero-order chi connectivity index (χ0) is 27.7. The minimum Gasteiger partial charge on any atom is -0.462 e. The highest BCUT2D eigenvalue weighted by atomic mass is 31.2. The van der Waals surface area contributed by atoms with Gasteiger partial charge in [0, 0.05) is 0 Å². The summed E-state index contributed by atoms with van der Waals surface area (Å²) in [5, 5.41) is 13.3. The number of alkyl halides is 1. The molecule has 3 heterocycles. The lowest BCUT2D eigenvalue weighted by atomic mass is 9.98. The number of aliphatic hydroxyl groups is 1. The molecule has 1 unspecified atom stereocenters. The van der Waals surface area contributed by atoms with Crippen molar-refractivity contribution in [3.63, 3.8) is 0 Å². The first kappa shape index (κ1) is 28.1. The van der Waals surface area contributed by atoms with E-state index in [1.807, 2.05) is 0 Å². The van der Waals surface area contributed by atoms with Crippen LogP contribution in [0.1, 0.15) is 39.7 Å². The Morgan fingerprint density at radius 2 is 2.00 bits per heavy atom. The van der Waals surface area contributed by atoms with Gasteiger partial charge in [-0.1, -0.05) is 18.2 Å². The quantitative estimate of drug-likeness (QED) is 0.283. The summed E-state index contributed by atoms with van der Waals surface area (Å²) in [4.78, 5) is 24.9. The lowest BCUT2D eigenvalue weighted by molar-refractivity contribution is -0.149. The van der Waals surface area contributed by atoms with E-state index in [-0.39, 0.29) is 5.75 Å². The molecule has 0 radical (unpaired) electrons. The molecule has 1 aliphatic rings. The molecule has 6 atom stereocenters. The van der Waals surface area contributed by atoms with Crippen LogP contribution in [0, 0.1) is 6.92 Å². The van der Waals surface area contributed by atoms with Crippen LogP contribution in [0.3, 0.4) is 0 Å². The number of benzene rings is 1. The van der Waals surface area contributed by atoms with Gasteiger partial charge < -0.3 is 19.1 Å². The zero-order valence-electron chi connectivity index (χ0n) is 21.6. The number of rotatable bonds is 10. The minimum absolute atomic E-state index is 0.203. The Morgan fingerprint density at radius 1 is 1.29 bits per heavy atom. The number of imidazole rings is 1. The van der Waals surface area contributed by atoms with Gasteiger partial charge in [-0.2, -0.15) is 5.09 Å². The average Bonchev–Trinajstić information content (AvgIpc) is 3.35. The van der Waals surface area contributed by atoms with Crippen LogP contribution in [0.2, 0.25) is 0 Å². The van der Waals surface area contributed by atoms with Crippen molar-refractivity contribution in [3.8, 4) is 5.75 Å². The van der Waals surface area contributed by atoms with Gasteiger partial charge in [0.15, 0.2) is 17.5 Å². The molecule has 0 spiro atoms. The second kappa shape index (κ2) is 11.0. The molecule has 1 fully saturated rings. The Kier molecular flexibility index (Phi) is 8.15. The highest BCUT2D eigenvalue weighted by Crippen LogP contribution is 2.48. The smallest absolute Gasteiger partial charge is 0.459 e. The maximum atomic E-state index is 15.8. The number of nitrogens with one attached hydrogen (secondary N) is 1. The highest BCUT2D eigenvalue weighted by molar-refractivity contribution is 7.52. The van der Waals surface area contributed by atoms with E-state index in [4.69, 9.17) is 18.5 Å². The third-order valence-corrected chi connectivity index (χ3v) is 7.48. The maximum absolute atomic E-state index is 15.8. The van der Waals surface area contributed by atoms with Gasteiger partial charge in [0.05, 0.1) is 25.2 Å². The SMILES string of the molecule is Cc1ncc2ncn([C@@H]3O[C@H](COP(=O)(N[C@@H](C)C(=O)OC(C)C)Oc4ccccc4)[C@@H](O)[C@@]3(C)F)c2n1. The normalized spacial score (nSPS) is 25.8. The van der Waals surface area contributed by atoms with Crippen molar-refractivity contribution in [2.24, 2.45) is 0 Å². The standard InChI is InChI=1S/C24H31FN5O7P/c1-14(2)35-22(32)15(3)29-38(33,37-17-9-7-6-8-10-17)34-12-19-20(31)24(5,25)23(36-19)30-13-27-18-11-26-16(4)28-21(18)30/h6-11,13-15,19-20,23,31H,12H2,1-5H3,(H,29,33)/t15-,19+,20+,23+,24+,38?/m0/s1. The fraction of sp³-hybridized carbons (Fsp3) is 0.500. The molecule has 38 heavy (non-hydrogen) atoms. The van der Waals surface area contributed by atoms with E-state index in [2.05, 4.69) is 20.0 Å². The number of para-hydroxylation sites is 1. The topological polar surface area (TPSA) is 147 Å². The molecular formula is C24H31FN5O7P. The Balaban J connectivity index is 1.54. The summed E-state index contributed by atoms with van der Waals surface area (Å²) in [7, 11) is -4.25. The molecule has 2 aromatic heterocycles. The molecule has 4 rings (SSSR count). The lowest BCUT2D eigenvalue weighted by Gasteiger charge is -2.25. The first-order valence-corrected chi connectivity index (χ1v) is 13.6. The van der Waals surface area contributed by atoms with Crippen LogP contribution >= 0.6 is 7.75 Å². The summed E-state index contributed by atoms with van der Waals surface area (Å²) in [5.41, 5.74) is -1.53. The van der Waals surface area contributed by atoms with Gasteiger partial charge in [-0.05, 0) is 46.8 Å². The van der Waals surface area contributed by atoms with Crippen molar-refractivity contribution in [2.75, 3.05) is 6.61 Å². The van der Waals surface area contributed by atoms with Gasteiger partial charge in [-0.15, -0.1) is 0 Å². The number of carbonyl (C=O) groups excluding carboxylic acids is 1. The number of nitrogens with zero attached hydrogens (tertiary/aromatic N) is 4. The Morgan fingerprint density at radius 3 is 2.68 bits per heavy atom. The fourth-order valence-corrected chi connectivity index (χ4v) is 5.44. The van der Waals surface area contributed by atoms with E-state index < -0.39 is 56.6 Å². The van der Waals surface area contributed by atoms with Crippen molar-refractivity contribution < 1.29 is 37.4 Å². The number of aromatic nitrogens is 4. The average molecular weight is 552 g/mol. The van der Waals surface area contributed by atoms with E-state index in [0.717, 1.165) is 0 Å². The molecule has 1 saturated heterocycles. The zero-order valence-corrected chi connectivity index (χ0v) is 22.5. The number of hydrogen-bond donors (Lipinski definition) is 2. The third-order valence-electron chi connectivity index (χ3n) is 5.84. The molecule has 2 N–H and O–H groups in total. The summed E-state index contributed by atoms with van der Waals surface area (Å²) in [6, 6.07) is 7.11. The summed E-state index contributed by atoms with van der Waals surface area (Å²) < 4.78 is 53.1. The van der Waals surface area contributed by atoms with Crippen molar-refractivity contribution in [1.82, 2.24) is 24.6 Å². The van der Waals surface area contributed by atoms with Gasteiger partial charge in [-0.3, -0.25) is 13.9 Å². The molecule has 14 heteroatoms. The van der Waals surface area contributed by atoms with Gasteiger partial charge in [0.1, 0.15) is 35.3 Å². The molecule has 0 bridgehead atoms. The monoisotopic (exact) mass is 551 g/mol. The van der Waals surface area contributed by atoms with Gasteiger partial charge in [0.25, 0.3) is 0 Å². The molecule has 3 aromatic rings. The van der Waals surface area contributed by atoms with E-state index >= 15 is 4.39 Å². The molecule has 0 saturated carbocycles. The molecule has 0 aliphatic carbocycles. The van der Waals surface area contributed by atoms with Gasteiger partial charge >= 0.3 is 13.7 Å². The molecule has 206 valence electrons. The van der Waals surface area contributed by atoms with E-state index in [1.54, 1.807) is 51.1 Å². The molecule has 1 aliphatic heterocycles. The Hall–Kier alpha value is -2.96. The molecule has 12 nitrogen and oxygen atoms in total. The first-order chi connectivity index (χ1) is 17.9. The Bertz CT molecular complexity index is 1320. The number of esters is 1. The van der Waals surface area contributed by atoms with Crippen LogP contribution in [-0.2, 0) is 23.4 Å². The molecular weight excluding hydrogens is 520 g/mol. The summed E-state index contributed by atoms with van der Waals surface area (Å²) in [6.45, 7) is 7.15. The number of ether oxygens (including phenoxy) is 2. The number of aliphatic hydroxyl groups excluding tert-OH is 1. The van der Waals surface area contributed by atoms with Gasteiger partial charge in [0.2, 0.25) is 0 Å². The van der Waals surface area contributed by atoms with Crippen LogP contribution in [0.15, 0.2) is 42.9 Å². The second-order valence-electron chi connectivity index (χ2n) is 9.43. The number of carbonyl (C=O) groups is 1. The lowest BCUT2D eigenvalue weighted by Crippen LogP contribution is -2.41. The first-order valence-electron chi connectivity index (χ1n) is 12.1. The van der Waals surface area contributed by atoms with Crippen LogP contribution < -0.4 is 9.61 Å². The highest BCUT2D eigenvalue weighted by Gasteiger charge is 2.56. The number of fused-ring (bicyclic) bond motifs is 1. The van der Waals surface area contributed by atoms with E-state index in [0.29, 0.717) is 17.0 Å². The van der Waals surface area contributed by atoms with Crippen molar-refractivity contribution in [1.29, 1.82) is 0 Å². The van der Waals surface area contributed by atoms with E-state index in [9.17, 15) is 14.5 Å². The summed E-state index contributed by atoms with van der Waals surface area (Å²) in [5.74, 6) is -0.0134. The number of hydrogen-bond acceptors (Lipinski definition) is 10. The predicted molar refractivity (Wildman–Crippen MR) is 134 cm³/mol. The van der Waals surface area contributed by atoms with Crippen LogP contribution in [-0.4, -0.2) is 67.2 Å². The summed E-state index contributed by atoms with van der Waals surface area (Å²) >= 11 is 0. The second-order valence-corrected chi connectivity index (χ2v) is 11.1. The van der Waals surface area contributed by atoms with Crippen LogP contribution in [0.4, 0.5) is 4.39 Å². The molecule has 1 aromatic carbocycles. The van der Waals surface area contributed by atoms with Crippen molar-refractivity contribution in [3.05, 3.63) is 48.7 Å². The van der Waals surface area contributed by atoms with E-state index in [1.165, 1.54) is 30.9 Å². The predicted octanol–water partition coefficient (Wildman–Crippen LogP) is 3.25. The van der Waals surface area contributed by atoms with Crippen LogP contribution in [0.5, 0.6) is 5.75 Å². The van der Waals surface area contributed by atoms with Gasteiger partial charge in [-0.25, -0.2) is 23.9 Å². The van der Waals surface area contributed by atoms with Crippen molar-refractivity contribution >= 4 is 24.9 Å². The minimum atomic E-state index is -4.25. The molecule has 0 amide bonds. The van der Waals surface area contributed by atoms with Crippen molar-refractivity contribution in [2.45, 2.75) is 70.9 Å². The third kappa shape index (κ3) is 6.02. The largest absolute Gasteiger partial charge is 0.462 e.